The number of rotatable bonds is 3. The molecule has 0 spiro atoms. The van der Waals surface area contributed by atoms with Crippen molar-refractivity contribution in [1.82, 2.24) is 9.97 Å². The van der Waals surface area contributed by atoms with Gasteiger partial charge in [-0.15, -0.1) is 0 Å². The van der Waals surface area contributed by atoms with Crippen molar-refractivity contribution in [3.05, 3.63) is 52.4 Å². The van der Waals surface area contributed by atoms with Crippen LogP contribution in [-0.2, 0) is 12.8 Å². The summed E-state index contributed by atoms with van der Waals surface area (Å²) in [6.07, 6.45) is 4.28. The number of hydrogen-bond donors (Lipinski definition) is 1. The van der Waals surface area contributed by atoms with Crippen LogP contribution in [0.4, 0.5) is 5.82 Å². The second kappa shape index (κ2) is 5.80. The Morgan fingerprint density at radius 3 is 3.00 bits per heavy atom. The van der Waals surface area contributed by atoms with Gasteiger partial charge in [0.25, 0.3) is 0 Å². The molecule has 0 fully saturated rings. The lowest BCUT2D eigenvalue weighted by Crippen LogP contribution is -2.18. The average molecular weight is 288 g/mol. The lowest BCUT2D eigenvalue weighted by molar-refractivity contribution is 0.598. The lowest BCUT2D eigenvalue weighted by Gasteiger charge is -2.26. The SMILES string of the molecule is CCc1nc(Cl)cc(NC2CCCc3ccccc32)n1. The number of anilines is 1. The molecule has 4 heteroatoms. The molecule has 3 nitrogen and oxygen atoms in total. The van der Waals surface area contributed by atoms with E-state index in [1.807, 2.05) is 6.92 Å². The van der Waals surface area contributed by atoms with Crippen LogP contribution in [0.5, 0.6) is 0 Å². The van der Waals surface area contributed by atoms with E-state index in [2.05, 4.69) is 39.6 Å². The zero-order valence-corrected chi connectivity index (χ0v) is 12.3. The van der Waals surface area contributed by atoms with Gasteiger partial charge in [0, 0.05) is 12.5 Å². The summed E-state index contributed by atoms with van der Waals surface area (Å²) < 4.78 is 0. The van der Waals surface area contributed by atoms with Crippen LogP contribution in [0.2, 0.25) is 5.15 Å². The molecule has 1 aliphatic rings. The zero-order valence-electron chi connectivity index (χ0n) is 11.6. The highest BCUT2D eigenvalue weighted by Gasteiger charge is 2.20. The molecule has 1 aliphatic carbocycles. The van der Waals surface area contributed by atoms with Gasteiger partial charge < -0.3 is 5.32 Å². The largest absolute Gasteiger partial charge is 0.363 e. The molecular weight excluding hydrogens is 270 g/mol. The Bertz CT molecular complexity index is 612. The zero-order chi connectivity index (χ0) is 13.9. The number of aromatic nitrogens is 2. The lowest BCUT2D eigenvalue weighted by atomic mass is 9.88. The maximum absolute atomic E-state index is 6.06. The van der Waals surface area contributed by atoms with E-state index in [1.165, 1.54) is 24.0 Å². The minimum Gasteiger partial charge on any atom is -0.363 e. The maximum Gasteiger partial charge on any atom is 0.134 e. The van der Waals surface area contributed by atoms with Crippen LogP contribution in [0, 0.1) is 0 Å². The molecule has 1 aromatic carbocycles. The van der Waals surface area contributed by atoms with Crippen LogP contribution < -0.4 is 5.32 Å². The van der Waals surface area contributed by atoms with Crippen molar-refractivity contribution in [2.24, 2.45) is 0 Å². The molecule has 3 rings (SSSR count). The van der Waals surface area contributed by atoms with Crippen molar-refractivity contribution in [1.29, 1.82) is 0 Å². The minimum atomic E-state index is 0.315. The summed E-state index contributed by atoms with van der Waals surface area (Å²) in [5.74, 6) is 1.60. The predicted molar refractivity (Wildman–Crippen MR) is 82.2 cm³/mol. The summed E-state index contributed by atoms with van der Waals surface area (Å²) in [6, 6.07) is 10.7. The number of halogens is 1. The molecule has 1 heterocycles. The second-order valence-electron chi connectivity index (χ2n) is 5.13. The van der Waals surface area contributed by atoms with Crippen molar-refractivity contribution >= 4 is 17.4 Å². The van der Waals surface area contributed by atoms with Crippen molar-refractivity contribution < 1.29 is 0 Å². The molecule has 1 atom stereocenters. The molecule has 104 valence electrons. The summed E-state index contributed by atoms with van der Waals surface area (Å²) in [4.78, 5) is 8.72. The average Bonchev–Trinajstić information content (AvgIpc) is 2.47. The van der Waals surface area contributed by atoms with Gasteiger partial charge in [-0.25, -0.2) is 9.97 Å². The van der Waals surface area contributed by atoms with Crippen LogP contribution in [0.15, 0.2) is 30.3 Å². The van der Waals surface area contributed by atoms with Gasteiger partial charge in [-0.05, 0) is 30.4 Å². The molecule has 0 bridgehead atoms. The van der Waals surface area contributed by atoms with E-state index in [4.69, 9.17) is 11.6 Å². The first-order valence-corrected chi connectivity index (χ1v) is 7.52. The molecular formula is C16H18ClN3. The van der Waals surface area contributed by atoms with Gasteiger partial charge in [0.05, 0.1) is 6.04 Å². The quantitative estimate of drug-likeness (QED) is 0.861. The molecule has 0 radical (unpaired) electrons. The van der Waals surface area contributed by atoms with Gasteiger partial charge in [0.1, 0.15) is 16.8 Å². The normalized spacial score (nSPS) is 17.6. The molecule has 2 aromatic rings. The van der Waals surface area contributed by atoms with E-state index in [0.29, 0.717) is 11.2 Å². The molecule has 0 saturated carbocycles. The van der Waals surface area contributed by atoms with Crippen molar-refractivity contribution in [2.45, 2.75) is 38.6 Å². The van der Waals surface area contributed by atoms with E-state index >= 15 is 0 Å². The van der Waals surface area contributed by atoms with Crippen LogP contribution >= 0.6 is 11.6 Å². The molecule has 0 amide bonds. The van der Waals surface area contributed by atoms with Gasteiger partial charge in [-0.1, -0.05) is 42.8 Å². The van der Waals surface area contributed by atoms with Crippen LogP contribution in [0.25, 0.3) is 0 Å². The smallest absolute Gasteiger partial charge is 0.134 e. The summed E-state index contributed by atoms with van der Waals surface area (Å²) in [7, 11) is 0. The minimum absolute atomic E-state index is 0.315. The maximum atomic E-state index is 6.06. The third-order valence-corrected chi connectivity index (χ3v) is 3.94. The molecule has 1 aromatic heterocycles. The number of nitrogens with one attached hydrogen (secondary N) is 1. The van der Waals surface area contributed by atoms with E-state index < -0.39 is 0 Å². The highest BCUT2D eigenvalue weighted by molar-refractivity contribution is 6.29. The first-order chi connectivity index (χ1) is 9.76. The number of aryl methyl sites for hydroxylation is 2. The van der Waals surface area contributed by atoms with Crippen LogP contribution in [0.3, 0.4) is 0 Å². The van der Waals surface area contributed by atoms with Crippen molar-refractivity contribution in [3.63, 3.8) is 0 Å². The predicted octanol–water partition coefficient (Wildman–Crippen LogP) is 4.18. The Kier molecular flexibility index (Phi) is 3.88. The highest BCUT2D eigenvalue weighted by Crippen LogP contribution is 2.32. The first kappa shape index (κ1) is 13.4. The summed E-state index contributed by atoms with van der Waals surface area (Å²) in [5.41, 5.74) is 2.82. The van der Waals surface area contributed by atoms with Gasteiger partial charge >= 0.3 is 0 Å². The van der Waals surface area contributed by atoms with Gasteiger partial charge in [-0.3, -0.25) is 0 Å². The number of benzene rings is 1. The Morgan fingerprint density at radius 1 is 1.30 bits per heavy atom. The first-order valence-electron chi connectivity index (χ1n) is 7.14. The summed E-state index contributed by atoms with van der Waals surface area (Å²) in [6.45, 7) is 2.03. The number of hydrogen-bond acceptors (Lipinski definition) is 3. The summed E-state index contributed by atoms with van der Waals surface area (Å²) in [5, 5.41) is 4.02. The fourth-order valence-electron chi connectivity index (χ4n) is 2.78. The Hall–Kier alpha value is -1.61. The number of fused-ring (bicyclic) bond motifs is 1. The Morgan fingerprint density at radius 2 is 2.15 bits per heavy atom. The van der Waals surface area contributed by atoms with Gasteiger partial charge in [0.2, 0.25) is 0 Å². The molecule has 0 saturated heterocycles. The van der Waals surface area contributed by atoms with E-state index in [-0.39, 0.29) is 0 Å². The van der Waals surface area contributed by atoms with Gasteiger partial charge in [0.15, 0.2) is 0 Å². The number of nitrogens with zero attached hydrogens (tertiary/aromatic N) is 2. The van der Waals surface area contributed by atoms with E-state index in [0.717, 1.165) is 24.5 Å². The fraction of sp³-hybridized carbons (Fsp3) is 0.375. The van der Waals surface area contributed by atoms with Crippen LogP contribution in [-0.4, -0.2) is 9.97 Å². The third kappa shape index (κ3) is 2.78. The standard InChI is InChI=1S/C16H18ClN3/c1-2-15-19-14(17)10-16(20-15)18-13-9-5-7-11-6-3-4-8-12(11)13/h3-4,6,8,10,13H,2,5,7,9H2,1H3,(H,18,19,20). The van der Waals surface area contributed by atoms with Gasteiger partial charge in [-0.2, -0.15) is 0 Å². The van der Waals surface area contributed by atoms with Crippen molar-refractivity contribution in [2.75, 3.05) is 5.32 Å². The topological polar surface area (TPSA) is 37.8 Å². The van der Waals surface area contributed by atoms with Crippen LogP contribution in [0.1, 0.15) is 42.8 Å². The van der Waals surface area contributed by atoms with E-state index in [9.17, 15) is 0 Å². The van der Waals surface area contributed by atoms with Crippen molar-refractivity contribution in [3.8, 4) is 0 Å². The molecule has 20 heavy (non-hydrogen) atoms. The molecule has 1 N–H and O–H groups in total. The van der Waals surface area contributed by atoms with E-state index in [1.54, 1.807) is 6.07 Å². The Balaban J connectivity index is 1.87. The second-order valence-corrected chi connectivity index (χ2v) is 5.52. The highest BCUT2D eigenvalue weighted by atomic mass is 35.5. The Labute approximate surface area is 124 Å². The fourth-order valence-corrected chi connectivity index (χ4v) is 2.98. The summed E-state index contributed by atoms with van der Waals surface area (Å²) >= 11 is 6.06. The monoisotopic (exact) mass is 287 g/mol. The third-order valence-electron chi connectivity index (χ3n) is 3.75. The molecule has 0 aliphatic heterocycles. The molecule has 1 unspecified atom stereocenters.